The van der Waals surface area contributed by atoms with Crippen LogP contribution in [-0.4, -0.2) is 17.4 Å². The lowest BCUT2D eigenvalue weighted by molar-refractivity contribution is -0.121. The fourth-order valence-corrected chi connectivity index (χ4v) is 2.13. The third kappa shape index (κ3) is 5.00. The quantitative estimate of drug-likeness (QED) is 0.752. The summed E-state index contributed by atoms with van der Waals surface area (Å²) in [6, 6.07) is 7.10. The van der Waals surface area contributed by atoms with Gasteiger partial charge in [0.05, 0.1) is 5.54 Å². The van der Waals surface area contributed by atoms with Gasteiger partial charge in [0.25, 0.3) is 0 Å². The van der Waals surface area contributed by atoms with Gasteiger partial charge >= 0.3 is 0 Å². The summed E-state index contributed by atoms with van der Waals surface area (Å²) >= 11 is 0. The Bertz CT molecular complexity index is 525. The number of carbonyl (C=O) groups excluding carboxylic acids is 2. The topological polar surface area (TPSA) is 84.2 Å². The number of halogens is 1. The molecule has 0 saturated heterocycles. The summed E-state index contributed by atoms with van der Waals surface area (Å²) < 4.78 is 0. The molecule has 0 aromatic heterocycles. The van der Waals surface area contributed by atoms with Crippen LogP contribution in [0.4, 0.5) is 11.4 Å². The van der Waals surface area contributed by atoms with E-state index in [1.165, 1.54) is 0 Å². The summed E-state index contributed by atoms with van der Waals surface area (Å²) in [5, 5.41) is 5.66. The van der Waals surface area contributed by atoms with E-state index in [1.807, 2.05) is 6.92 Å². The number of amides is 2. The number of hydrogen-bond acceptors (Lipinski definition) is 3. The first-order chi connectivity index (χ1) is 9.92. The third-order valence-electron chi connectivity index (χ3n) is 3.65. The molecule has 0 heterocycles. The molecule has 1 aliphatic rings. The van der Waals surface area contributed by atoms with Crippen molar-refractivity contribution in [1.82, 2.24) is 0 Å². The highest BCUT2D eigenvalue weighted by molar-refractivity contribution is 5.98. The van der Waals surface area contributed by atoms with E-state index in [9.17, 15) is 9.59 Å². The Morgan fingerprint density at radius 1 is 1.18 bits per heavy atom. The lowest BCUT2D eigenvalue weighted by Gasteiger charge is -2.22. The Morgan fingerprint density at radius 3 is 2.14 bits per heavy atom. The smallest absolute Gasteiger partial charge is 0.244 e. The first-order valence-corrected chi connectivity index (χ1v) is 7.43. The molecule has 122 valence electrons. The summed E-state index contributed by atoms with van der Waals surface area (Å²) in [6.07, 6.45) is 3.44. The Hall–Kier alpha value is -1.59. The summed E-state index contributed by atoms with van der Waals surface area (Å²) in [4.78, 5) is 23.7. The summed E-state index contributed by atoms with van der Waals surface area (Å²) in [6.45, 7) is 3.73. The number of nitrogens with one attached hydrogen (secondary N) is 2. The van der Waals surface area contributed by atoms with Crippen molar-refractivity contribution in [1.29, 1.82) is 0 Å². The fourth-order valence-electron chi connectivity index (χ4n) is 2.13. The Labute approximate surface area is 137 Å². The largest absolute Gasteiger partial charge is 0.326 e. The van der Waals surface area contributed by atoms with Crippen LogP contribution in [0.5, 0.6) is 0 Å². The van der Waals surface area contributed by atoms with Gasteiger partial charge in [-0.3, -0.25) is 9.59 Å². The molecule has 2 amide bonds. The summed E-state index contributed by atoms with van der Waals surface area (Å²) in [5.41, 5.74) is 6.54. The molecule has 0 radical (unpaired) electrons. The van der Waals surface area contributed by atoms with Crippen molar-refractivity contribution in [2.75, 3.05) is 10.6 Å². The van der Waals surface area contributed by atoms with Crippen LogP contribution in [0.2, 0.25) is 0 Å². The molecular formula is C16H24ClN3O2. The van der Waals surface area contributed by atoms with Gasteiger partial charge in [0.1, 0.15) is 0 Å². The molecule has 4 N–H and O–H groups in total. The Morgan fingerprint density at radius 2 is 1.68 bits per heavy atom. The highest BCUT2D eigenvalue weighted by Gasteiger charge is 2.29. The van der Waals surface area contributed by atoms with E-state index in [2.05, 4.69) is 10.6 Å². The lowest BCUT2D eigenvalue weighted by atomic mass is 9.96. The molecule has 1 aromatic rings. The second-order valence-electron chi connectivity index (χ2n) is 5.96. The molecule has 0 bridgehead atoms. The second-order valence-corrected chi connectivity index (χ2v) is 5.96. The zero-order valence-electron chi connectivity index (χ0n) is 13.0. The molecule has 1 aliphatic carbocycles. The molecule has 2 rings (SSSR count). The van der Waals surface area contributed by atoms with E-state index < -0.39 is 5.54 Å². The van der Waals surface area contributed by atoms with Crippen LogP contribution in [0.1, 0.15) is 39.5 Å². The SMILES string of the molecule is CCCC(C)(N)C(=O)Nc1ccc(NC(=O)C2CC2)cc1.Cl. The third-order valence-corrected chi connectivity index (χ3v) is 3.65. The van der Waals surface area contributed by atoms with E-state index in [0.717, 1.165) is 24.9 Å². The van der Waals surface area contributed by atoms with Gasteiger partial charge in [0.2, 0.25) is 11.8 Å². The van der Waals surface area contributed by atoms with E-state index in [4.69, 9.17) is 5.73 Å². The van der Waals surface area contributed by atoms with Crippen LogP contribution >= 0.6 is 12.4 Å². The van der Waals surface area contributed by atoms with E-state index >= 15 is 0 Å². The van der Waals surface area contributed by atoms with E-state index in [-0.39, 0.29) is 30.1 Å². The second kappa shape index (κ2) is 7.61. The minimum Gasteiger partial charge on any atom is -0.326 e. The van der Waals surface area contributed by atoms with Crippen molar-refractivity contribution >= 4 is 35.6 Å². The van der Waals surface area contributed by atoms with Gasteiger partial charge in [-0.05, 0) is 50.5 Å². The predicted molar refractivity (Wildman–Crippen MR) is 91.2 cm³/mol. The zero-order valence-corrected chi connectivity index (χ0v) is 13.8. The molecule has 6 heteroatoms. The Balaban J connectivity index is 0.00000242. The van der Waals surface area contributed by atoms with Crippen LogP contribution in [-0.2, 0) is 9.59 Å². The van der Waals surface area contributed by atoms with Gasteiger partial charge in [-0.15, -0.1) is 12.4 Å². The molecule has 1 fully saturated rings. The number of rotatable bonds is 6. The van der Waals surface area contributed by atoms with Gasteiger partial charge in [0, 0.05) is 17.3 Å². The van der Waals surface area contributed by atoms with Crippen LogP contribution in [0.15, 0.2) is 24.3 Å². The molecular weight excluding hydrogens is 302 g/mol. The molecule has 0 aliphatic heterocycles. The van der Waals surface area contributed by atoms with Crippen LogP contribution in [0, 0.1) is 5.92 Å². The number of anilines is 2. The van der Waals surface area contributed by atoms with Crippen LogP contribution in [0.25, 0.3) is 0 Å². The van der Waals surface area contributed by atoms with Gasteiger partial charge in [0.15, 0.2) is 0 Å². The van der Waals surface area contributed by atoms with Crippen LogP contribution in [0.3, 0.4) is 0 Å². The maximum Gasteiger partial charge on any atom is 0.244 e. The number of benzene rings is 1. The van der Waals surface area contributed by atoms with Crippen molar-refractivity contribution in [3.63, 3.8) is 0 Å². The van der Waals surface area contributed by atoms with Gasteiger partial charge < -0.3 is 16.4 Å². The normalized spacial score (nSPS) is 16.1. The van der Waals surface area contributed by atoms with Crippen molar-refractivity contribution in [3.8, 4) is 0 Å². The van der Waals surface area contributed by atoms with Gasteiger partial charge in [-0.1, -0.05) is 13.3 Å². The van der Waals surface area contributed by atoms with Crippen molar-refractivity contribution < 1.29 is 9.59 Å². The molecule has 5 nitrogen and oxygen atoms in total. The molecule has 1 unspecified atom stereocenters. The van der Waals surface area contributed by atoms with Crippen molar-refractivity contribution in [2.45, 2.75) is 45.1 Å². The van der Waals surface area contributed by atoms with Gasteiger partial charge in [-0.25, -0.2) is 0 Å². The zero-order chi connectivity index (χ0) is 15.5. The highest BCUT2D eigenvalue weighted by Crippen LogP contribution is 2.30. The average molecular weight is 326 g/mol. The molecule has 1 saturated carbocycles. The standard InChI is InChI=1S/C16H23N3O2.ClH/c1-3-10-16(2,17)15(21)19-13-8-6-12(7-9-13)18-14(20)11-4-5-11;/h6-9,11H,3-5,10,17H2,1-2H3,(H,18,20)(H,19,21);1H. The van der Waals surface area contributed by atoms with Crippen molar-refractivity contribution in [3.05, 3.63) is 24.3 Å². The predicted octanol–water partition coefficient (Wildman–Crippen LogP) is 2.91. The Kier molecular flexibility index (Phi) is 6.38. The van der Waals surface area contributed by atoms with Crippen molar-refractivity contribution in [2.24, 2.45) is 11.7 Å². The van der Waals surface area contributed by atoms with E-state index in [1.54, 1.807) is 31.2 Å². The number of hydrogen-bond donors (Lipinski definition) is 3. The lowest BCUT2D eigenvalue weighted by Crippen LogP contribution is -2.48. The summed E-state index contributed by atoms with van der Waals surface area (Å²) in [7, 11) is 0. The minimum absolute atomic E-state index is 0. The van der Waals surface area contributed by atoms with E-state index in [0.29, 0.717) is 12.1 Å². The minimum atomic E-state index is -0.867. The highest BCUT2D eigenvalue weighted by atomic mass is 35.5. The molecule has 1 aromatic carbocycles. The maximum absolute atomic E-state index is 12.1. The number of nitrogens with two attached hydrogens (primary N) is 1. The first kappa shape index (κ1) is 18.5. The first-order valence-electron chi connectivity index (χ1n) is 7.43. The molecule has 0 spiro atoms. The molecule has 22 heavy (non-hydrogen) atoms. The monoisotopic (exact) mass is 325 g/mol. The fraction of sp³-hybridized carbons (Fsp3) is 0.500. The number of carbonyl (C=O) groups is 2. The molecule has 1 atom stereocenters. The van der Waals surface area contributed by atoms with Gasteiger partial charge in [-0.2, -0.15) is 0 Å². The maximum atomic E-state index is 12.1. The summed E-state index contributed by atoms with van der Waals surface area (Å²) in [5.74, 6) is 0.0553. The van der Waals surface area contributed by atoms with Crippen LogP contribution < -0.4 is 16.4 Å². The average Bonchev–Trinajstić information content (AvgIpc) is 3.25.